The Labute approximate surface area is 163 Å². The van der Waals surface area contributed by atoms with E-state index < -0.39 is 11.7 Å². The van der Waals surface area contributed by atoms with Crippen LogP contribution in [-0.4, -0.2) is 39.3 Å². The maximum atomic E-state index is 13.1. The van der Waals surface area contributed by atoms with E-state index in [1.165, 1.54) is 30.0 Å². The van der Waals surface area contributed by atoms with Crippen molar-refractivity contribution in [1.29, 1.82) is 0 Å². The SMILES string of the molecule is C[C@@H](Sc1nnc(Nc2ccccc2C(F)(F)F)s1)C(=O)N1CCCCC1. The number of carbonyl (C=O) groups excluding carboxylic acids is 1. The quantitative estimate of drug-likeness (QED) is 0.710. The molecule has 10 heteroatoms. The summed E-state index contributed by atoms with van der Waals surface area (Å²) in [6, 6.07) is 5.22. The Morgan fingerprint density at radius 1 is 1.22 bits per heavy atom. The second-order valence-corrected chi connectivity index (χ2v) is 8.75. The molecule has 27 heavy (non-hydrogen) atoms. The Balaban J connectivity index is 1.64. The van der Waals surface area contributed by atoms with Crippen molar-refractivity contribution in [3.63, 3.8) is 0 Å². The van der Waals surface area contributed by atoms with Crippen molar-refractivity contribution in [3.8, 4) is 0 Å². The van der Waals surface area contributed by atoms with Crippen LogP contribution in [0.25, 0.3) is 0 Å². The van der Waals surface area contributed by atoms with Crippen LogP contribution in [0.3, 0.4) is 0 Å². The minimum absolute atomic E-state index is 0.0619. The minimum Gasteiger partial charge on any atom is -0.342 e. The van der Waals surface area contributed by atoms with Crippen molar-refractivity contribution < 1.29 is 18.0 Å². The number of alkyl halides is 3. The molecule has 1 N–H and O–H groups in total. The van der Waals surface area contributed by atoms with Crippen LogP contribution in [0.1, 0.15) is 31.7 Å². The summed E-state index contributed by atoms with van der Waals surface area (Å²) in [6.07, 6.45) is -1.26. The topological polar surface area (TPSA) is 58.1 Å². The molecule has 1 amide bonds. The number of piperidine rings is 1. The summed E-state index contributed by atoms with van der Waals surface area (Å²) in [6.45, 7) is 3.37. The van der Waals surface area contributed by atoms with Gasteiger partial charge in [-0.05, 0) is 38.3 Å². The molecular weight excluding hydrogens is 397 g/mol. The van der Waals surface area contributed by atoms with Crippen molar-refractivity contribution in [3.05, 3.63) is 29.8 Å². The third-order valence-electron chi connectivity index (χ3n) is 4.17. The molecular formula is C17H19F3N4OS2. The standard InChI is InChI=1S/C17H19F3N4OS2/c1-11(14(25)24-9-5-2-6-10-24)26-16-23-22-15(27-16)21-13-8-4-3-7-12(13)17(18,19)20/h3-4,7-8,11H,2,5-6,9-10H2,1H3,(H,21,22)/t11-/m1/s1. The van der Waals surface area contributed by atoms with Crippen LogP contribution >= 0.6 is 23.1 Å². The molecule has 1 aromatic heterocycles. The van der Waals surface area contributed by atoms with E-state index in [4.69, 9.17) is 0 Å². The first-order valence-electron chi connectivity index (χ1n) is 8.57. The smallest absolute Gasteiger partial charge is 0.342 e. The Morgan fingerprint density at radius 3 is 2.63 bits per heavy atom. The molecule has 5 nitrogen and oxygen atoms in total. The molecule has 0 radical (unpaired) electrons. The molecule has 2 heterocycles. The highest BCUT2D eigenvalue weighted by molar-refractivity contribution is 8.02. The summed E-state index contributed by atoms with van der Waals surface area (Å²) in [5.74, 6) is 0.0619. The summed E-state index contributed by atoms with van der Waals surface area (Å²) in [5.41, 5.74) is -0.835. The van der Waals surface area contributed by atoms with Gasteiger partial charge in [-0.25, -0.2) is 0 Å². The van der Waals surface area contributed by atoms with E-state index in [0.29, 0.717) is 4.34 Å². The largest absolute Gasteiger partial charge is 0.418 e. The van der Waals surface area contributed by atoms with Gasteiger partial charge in [0.1, 0.15) is 0 Å². The molecule has 2 aromatic rings. The van der Waals surface area contributed by atoms with Gasteiger partial charge in [0.25, 0.3) is 0 Å². The molecule has 1 aliphatic rings. The third kappa shape index (κ3) is 5.13. The van der Waals surface area contributed by atoms with Crippen LogP contribution in [-0.2, 0) is 11.0 Å². The normalized spacial score (nSPS) is 16.2. The molecule has 0 bridgehead atoms. The van der Waals surface area contributed by atoms with E-state index >= 15 is 0 Å². The Bertz CT molecular complexity index is 790. The van der Waals surface area contributed by atoms with E-state index in [-0.39, 0.29) is 22.0 Å². The summed E-state index contributed by atoms with van der Waals surface area (Å²) >= 11 is 2.41. The Kier molecular flexibility index (Phi) is 6.25. The highest BCUT2D eigenvalue weighted by atomic mass is 32.2. The predicted octanol–water partition coefficient (Wildman–Crippen LogP) is 4.79. The van der Waals surface area contributed by atoms with E-state index in [9.17, 15) is 18.0 Å². The fourth-order valence-electron chi connectivity index (χ4n) is 2.84. The number of hydrogen-bond acceptors (Lipinski definition) is 6. The minimum atomic E-state index is -4.46. The van der Waals surface area contributed by atoms with Gasteiger partial charge in [0, 0.05) is 13.1 Å². The number of nitrogens with zero attached hydrogens (tertiary/aromatic N) is 3. The van der Waals surface area contributed by atoms with Gasteiger partial charge in [0.05, 0.1) is 16.5 Å². The highest BCUT2D eigenvalue weighted by Crippen LogP contribution is 2.37. The molecule has 0 aliphatic carbocycles. The first-order chi connectivity index (χ1) is 12.8. The third-order valence-corrected chi connectivity index (χ3v) is 6.18. The molecule has 1 aliphatic heterocycles. The summed E-state index contributed by atoms with van der Waals surface area (Å²) in [7, 11) is 0. The second-order valence-electron chi connectivity index (χ2n) is 6.19. The van der Waals surface area contributed by atoms with Crippen molar-refractivity contribution in [2.24, 2.45) is 0 Å². The van der Waals surface area contributed by atoms with Gasteiger partial charge in [-0.2, -0.15) is 13.2 Å². The van der Waals surface area contributed by atoms with E-state index in [0.717, 1.165) is 49.8 Å². The molecule has 1 aromatic carbocycles. The van der Waals surface area contributed by atoms with Crippen molar-refractivity contribution in [2.45, 2.75) is 42.0 Å². The highest BCUT2D eigenvalue weighted by Gasteiger charge is 2.33. The zero-order valence-corrected chi connectivity index (χ0v) is 16.3. The number of benzene rings is 1. The molecule has 0 spiro atoms. The zero-order chi connectivity index (χ0) is 19.4. The number of rotatable bonds is 5. The van der Waals surface area contributed by atoms with Gasteiger partial charge in [-0.15, -0.1) is 10.2 Å². The average molecular weight is 416 g/mol. The lowest BCUT2D eigenvalue weighted by atomic mass is 10.1. The van der Waals surface area contributed by atoms with Crippen LogP contribution < -0.4 is 5.32 Å². The van der Waals surface area contributed by atoms with Gasteiger partial charge >= 0.3 is 6.18 Å². The van der Waals surface area contributed by atoms with Crippen LogP contribution in [0.5, 0.6) is 0 Å². The Hall–Kier alpha value is -1.81. The molecule has 3 rings (SSSR count). The number of anilines is 2. The van der Waals surface area contributed by atoms with Crippen LogP contribution in [0, 0.1) is 0 Å². The van der Waals surface area contributed by atoms with Crippen LogP contribution in [0.15, 0.2) is 28.6 Å². The number of carbonyl (C=O) groups is 1. The van der Waals surface area contributed by atoms with E-state index in [1.54, 1.807) is 0 Å². The average Bonchev–Trinajstić information content (AvgIpc) is 3.08. The number of likely N-dealkylation sites (tertiary alicyclic amines) is 1. The number of hydrogen-bond donors (Lipinski definition) is 1. The number of aromatic nitrogens is 2. The first-order valence-corrected chi connectivity index (χ1v) is 10.3. The molecule has 1 fully saturated rings. The number of para-hydroxylation sites is 1. The van der Waals surface area contributed by atoms with Crippen molar-refractivity contribution >= 4 is 39.8 Å². The van der Waals surface area contributed by atoms with Gasteiger partial charge < -0.3 is 10.2 Å². The maximum absolute atomic E-state index is 13.1. The van der Waals surface area contributed by atoms with Gasteiger partial charge in [-0.3, -0.25) is 4.79 Å². The molecule has 0 saturated carbocycles. The van der Waals surface area contributed by atoms with Crippen LogP contribution in [0.4, 0.5) is 24.0 Å². The second kappa shape index (κ2) is 8.47. The first kappa shape index (κ1) is 19.9. The lowest BCUT2D eigenvalue weighted by Crippen LogP contribution is -2.40. The fraction of sp³-hybridized carbons (Fsp3) is 0.471. The summed E-state index contributed by atoms with van der Waals surface area (Å²) < 4.78 is 39.8. The lowest BCUT2D eigenvalue weighted by Gasteiger charge is -2.28. The van der Waals surface area contributed by atoms with Gasteiger partial charge in [0.2, 0.25) is 11.0 Å². The number of nitrogens with one attached hydrogen (secondary N) is 1. The van der Waals surface area contributed by atoms with Gasteiger partial charge in [-0.1, -0.05) is 35.2 Å². The lowest BCUT2D eigenvalue weighted by molar-refractivity contribution is -0.137. The Morgan fingerprint density at radius 2 is 1.93 bits per heavy atom. The maximum Gasteiger partial charge on any atom is 0.418 e. The number of halogens is 3. The summed E-state index contributed by atoms with van der Waals surface area (Å²) in [5, 5.41) is 10.5. The van der Waals surface area contributed by atoms with E-state index in [1.807, 2.05) is 11.8 Å². The fourth-order valence-corrected chi connectivity index (χ4v) is 4.83. The summed E-state index contributed by atoms with van der Waals surface area (Å²) in [4.78, 5) is 14.3. The zero-order valence-electron chi connectivity index (χ0n) is 14.6. The molecule has 1 atom stereocenters. The monoisotopic (exact) mass is 416 g/mol. The molecule has 146 valence electrons. The van der Waals surface area contributed by atoms with Crippen molar-refractivity contribution in [1.82, 2.24) is 15.1 Å². The van der Waals surface area contributed by atoms with Crippen LogP contribution in [0.2, 0.25) is 0 Å². The predicted molar refractivity (Wildman–Crippen MR) is 100 cm³/mol. The number of thioether (sulfide) groups is 1. The molecule has 0 unspecified atom stereocenters. The molecule has 1 saturated heterocycles. The number of amides is 1. The van der Waals surface area contributed by atoms with Crippen molar-refractivity contribution in [2.75, 3.05) is 18.4 Å². The van der Waals surface area contributed by atoms with E-state index in [2.05, 4.69) is 15.5 Å². The van der Waals surface area contributed by atoms with Gasteiger partial charge in [0.15, 0.2) is 4.34 Å².